The van der Waals surface area contributed by atoms with Gasteiger partial charge in [-0.25, -0.2) is 9.97 Å². The Morgan fingerprint density at radius 1 is 1.19 bits per heavy atom. The van der Waals surface area contributed by atoms with Crippen LogP contribution in [0.2, 0.25) is 0 Å². The molecule has 1 saturated heterocycles. The molecule has 0 bridgehead atoms. The van der Waals surface area contributed by atoms with Crippen molar-refractivity contribution in [1.82, 2.24) is 14.9 Å². The number of carbonyl (C=O) groups excluding carboxylic acids is 1. The molecule has 7 nitrogen and oxygen atoms in total. The maximum atomic E-state index is 13.8. The van der Waals surface area contributed by atoms with Gasteiger partial charge in [0, 0.05) is 12.1 Å². The molecule has 1 aliphatic heterocycles. The molecular weight excluding hydrogens is 392 g/mol. The first-order chi connectivity index (χ1) is 15.0. The molecule has 7 heteroatoms. The van der Waals surface area contributed by atoms with E-state index in [0.717, 1.165) is 25.7 Å². The predicted octanol–water partition coefficient (Wildman–Crippen LogP) is 3.81. The minimum atomic E-state index is -0.420. The molecule has 0 radical (unpaired) electrons. The van der Waals surface area contributed by atoms with Crippen molar-refractivity contribution in [3.05, 3.63) is 53.0 Å². The zero-order chi connectivity index (χ0) is 21.2. The van der Waals surface area contributed by atoms with Crippen LogP contribution in [-0.2, 0) is 16.8 Å². The number of benzene rings is 1. The summed E-state index contributed by atoms with van der Waals surface area (Å²) in [6, 6.07) is 8.42. The Labute approximate surface area is 180 Å². The molecule has 31 heavy (non-hydrogen) atoms. The van der Waals surface area contributed by atoms with Crippen molar-refractivity contribution in [3.63, 3.8) is 0 Å². The van der Waals surface area contributed by atoms with E-state index >= 15 is 0 Å². The number of morpholine rings is 1. The van der Waals surface area contributed by atoms with Crippen LogP contribution >= 0.6 is 0 Å². The third-order valence-corrected chi connectivity index (χ3v) is 7.08. The number of furan rings is 1. The molecule has 6 rings (SSSR count). The smallest absolute Gasteiger partial charge is 0.258 e. The maximum absolute atomic E-state index is 13.8. The molecule has 1 amide bonds. The SMILES string of the molecule is Cc1oc2ncnc(NC3(C)CC3)c2c1C(=O)N1CCOC2(CCc3ccccc32)C1. The van der Waals surface area contributed by atoms with Crippen LogP contribution in [0, 0.1) is 6.92 Å². The van der Waals surface area contributed by atoms with Crippen LogP contribution in [0.4, 0.5) is 5.82 Å². The molecule has 2 aliphatic carbocycles. The summed E-state index contributed by atoms with van der Waals surface area (Å²) in [5.74, 6) is 1.22. The number of aryl methyl sites for hydroxylation is 2. The number of carbonyl (C=O) groups is 1. The predicted molar refractivity (Wildman–Crippen MR) is 116 cm³/mol. The van der Waals surface area contributed by atoms with Crippen LogP contribution in [-0.4, -0.2) is 46.0 Å². The van der Waals surface area contributed by atoms with Crippen molar-refractivity contribution in [3.8, 4) is 0 Å². The third kappa shape index (κ3) is 2.94. The zero-order valence-electron chi connectivity index (χ0n) is 17.9. The number of anilines is 1. The molecule has 3 aromatic rings. The van der Waals surface area contributed by atoms with Gasteiger partial charge in [0.25, 0.3) is 5.91 Å². The lowest BCUT2D eigenvalue weighted by Crippen LogP contribution is -2.51. The second-order valence-electron chi connectivity index (χ2n) is 9.35. The van der Waals surface area contributed by atoms with E-state index < -0.39 is 5.60 Å². The van der Waals surface area contributed by atoms with E-state index in [0.29, 0.717) is 47.9 Å². The van der Waals surface area contributed by atoms with Crippen LogP contribution < -0.4 is 5.32 Å². The number of amides is 1. The molecule has 1 unspecified atom stereocenters. The van der Waals surface area contributed by atoms with E-state index in [4.69, 9.17) is 9.15 Å². The molecule has 2 aromatic heterocycles. The molecule has 1 saturated carbocycles. The zero-order valence-corrected chi connectivity index (χ0v) is 17.9. The molecule has 3 heterocycles. The summed E-state index contributed by atoms with van der Waals surface area (Å²) >= 11 is 0. The highest BCUT2D eigenvalue weighted by atomic mass is 16.5. The number of aromatic nitrogens is 2. The van der Waals surface area contributed by atoms with Gasteiger partial charge in [0.05, 0.1) is 24.1 Å². The highest BCUT2D eigenvalue weighted by Gasteiger charge is 2.45. The molecule has 1 N–H and O–H groups in total. The van der Waals surface area contributed by atoms with Crippen LogP contribution in [0.5, 0.6) is 0 Å². The van der Waals surface area contributed by atoms with Gasteiger partial charge in [-0.3, -0.25) is 4.79 Å². The molecule has 1 spiro atoms. The summed E-state index contributed by atoms with van der Waals surface area (Å²) < 4.78 is 12.2. The fraction of sp³-hybridized carbons (Fsp3) is 0.458. The number of nitrogens with one attached hydrogen (secondary N) is 1. The van der Waals surface area contributed by atoms with Gasteiger partial charge in [-0.05, 0) is 50.7 Å². The number of fused-ring (bicyclic) bond motifs is 3. The second-order valence-corrected chi connectivity index (χ2v) is 9.35. The monoisotopic (exact) mass is 418 g/mol. The lowest BCUT2D eigenvalue weighted by atomic mass is 9.93. The summed E-state index contributed by atoms with van der Waals surface area (Å²) in [7, 11) is 0. The normalized spacial score (nSPS) is 23.9. The number of hydrogen-bond acceptors (Lipinski definition) is 6. The summed E-state index contributed by atoms with van der Waals surface area (Å²) in [5, 5.41) is 4.19. The van der Waals surface area contributed by atoms with E-state index in [-0.39, 0.29) is 11.4 Å². The maximum Gasteiger partial charge on any atom is 0.258 e. The van der Waals surface area contributed by atoms with Crippen LogP contribution in [0.25, 0.3) is 11.1 Å². The van der Waals surface area contributed by atoms with E-state index in [1.165, 1.54) is 17.5 Å². The molecular formula is C24H26N4O3. The molecule has 160 valence electrons. The Bertz CT molecular complexity index is 1190. The van der Waals surface area contributed by atoms with Crippen molar-refractivity contribution in [2.45, 2.75) is 50.7 Å². The number of ether oxygens (including phenoxy) is 1. The number of hydrogen-bond donors (Lipinski definition) is 1. The Balaban J connectivity index is 1.38. The van der Waals surface area contributed by atoms with Crippen molar-refractivity contribution in [1.29, 1.82) is 0 Å². The molecule has 3 aliphatic rings. The van der Waals surface area contributed by atoms with E-state index in [2.05, 4.69) is 46.5 Å². The summed E-state index contributed by atoms with van der Waals surface area (Å²) in [6.45, 7) is 5.62. The van der Waals surface area contributed by atoms with E-state index in [1.54, 1.807) is 0 Å². The topological polar surface area (TPSA) is 80.5 Å². The van der Waals surface area contributed by atoms with E-state index in [9.17, 15) is 4.79 Å². The molecule has 2 fully saturated rings. The van der Waals surface area contributed by atoms with Gasteiger partial charge >= 0.3 is 0 Å². The van der Waals surface area contributed by atoms with Gasteiger partial charge in [0.15, 0.2) is 0 Å². The third-order valence-electron chi connectivity index (χ3n) is 7.08. The average molecular weight is 418 g/mol. The highest BCUT2D eigenvalue weighted by molar-refractivity contribution is 6.10. The van der Waals surface area contributed by atoms with Crippen LogP contribution in [0.1, 0.15) is 53.4 Å². The summed E-state index contributed by atoms with van der Waals surface area (Å²) in [4.78, 5) is 24.5. The fourth-order valence-corrected chi connectivity index (χ4v) is 5.08. The molecule has 1 aromatic carbocycles. The molecule has 1 atom stereocenters. The van der Waals surface area contributed by atoms with Gasteiger partial charge < -0.3 is 19.4 Å². The van der Waals surface area contributed by atoms with Crippen LogP contribution in [0.3, 0.4) is 0 Å². The average Bonchev–Trinajstić information content (AvgIpc) is 3.25. The summed E-state index contributed by atoms with van der Waals surface area (Å²) in [5.41, 5.74) is 3.16. The van der Waals surface area contributed by atoms with Gasteiger partial charge in [-0.2, -0.15) is 0 Å². The van der Waals surface area contributed by atoms with E-state index in [1.807, 2.05) is 11.8 Å². The van der Waals surface area contributed by atoms with Gasteiger partial charge in [-0.15, -0.1) is 0 Å². The Hall–Kier alpha value is -2.93. The van der Waals surface area contributed by atoms with Gasteiger partial charge in [0.1, 0.15) is 23.5 Å². The summed E-state index contributed by atoms with van der Waals surface area (Å²) in [6.07, 6.45) is 5.54. The lowest BCUT2D eigenvalue weighted by Gasteiger charge is -2.41. The number of rotatable bonds is 3. The first kappa shape index (κ1) is 18.8. The second kappa shape index (κ2) is 6.53. The number of nitrogens with zero attached hydrogens (tertiary/aromatic N) is 3. The van der Waals surface area contributed by atoms with Gasteiger partial charge in [-0.1, -0.05) is 24.3 Å². The van der Waals surface area contributed by atoms with Crippen molar-refractivity contribution < 1.29 is 13.9 Å². The lowest BCUT2D eigenvalue weighted by molar-refractivity contribution is -0.103. The standard InChI is InChI=1S/C24H26N4O3/c1-15-18(19-20(27-23(2)9-10-23)25-14-26-21(19)31-15)22(29)28-11-12-30-24(13-28)8-7-16-5-3-4-6-17(16)24/h3-6,14H,7-13H2,1-2H3,(H,25,26,27). The van der Waals surface area contributed by atoms with Crippen LogP contribution in [0.15, 0.2) is 35.0 Å². The van der Waals surface area contributed by atoms with Gasteiger partial charge in [0.2, 0.25) is 5.71 Å². The Kier molecular flexibility index (Phi) is 3.96. The minimum Gasteiger partial charge on any atom is -0.442 e. The van der Waals surface area contributed by atoms with Crippen molar-refractivity contribution in [2.24, 2.45) is 0 Å². The largest absolute Gasteiger partial charge is 0.442 e. The first-order valence-corrected chi connectivity index (χ1v) is 11.0. The van der Waals surface area contributed by atoms with Crippen molar-refractivity contribution in [2.75, 3.05) is 25.0 Å². The fourth-order valence-electron chi connectivity index (χ4n) is 5.08. The highest BCUT2D eigenvalue weighted by Crippen LogP contribution is 2.43. The Morgan fingerprint density at radius 3 is 2.87 bits per heavy atom. The van der Waals surface area contributed by atoms with Crippen molar-refractivity contribution >= 4 is 22.8 Å². The minimum absolute atomic E-state index is 0.0311. The Morgan fingerprint density at radius 2 is 2.03 bits per heavy atom. The quantitative estimate of drug-likeness (QED) is 0.697. The first-order valence-electron chi connectivity index (χ1n) is 11.0.